The minimum Gasteiger partial charge on any atom is -0.494 e. The van der Waals surface area contributed by atoms with E-state index < -0.39 is 18.5 Å². The zero-order valence-electron chi connectivity index (χ0n) is 16.3. The van der Waals surface area contributed by atoms with Gasteiger partial charge in [-0.15, -0.1) is 0 Å². The predicted molar refractivity (Wildman–Crippen MR) is 106 cm³/mol. The first kappa shape index (κ1) is 20.4. The van der Waals surface area contributed by atoms with Gasteiger partial charge in [-0.1, -0.05) is 18.2 Å². The lowest BCUT2D eigenvalue weighted by atomic mass is 10.1. The van der Waals surface area contributed by atoms with Gasteiger partial charge in [0.2, 0.25) is 5.76 Å². The SMILES string of the molecule is CCOc1ccc2oc(C(=O)OCC(=O)NCCc3ccccc3F)c(C)c2c1. The van der Waals surface area contributed by atoms with Crippen LogP contribution in [0.1, 0.15) is 28.6 Å². The Bertz CT molecular complexity index is 1030. The second-order valence-corrected chi connectivity index (χ2v) is 6.41. The van der Waals surface area contributed by atoms with Crippen LogP contribution in [-0.4, -0.2) is 31.6 Å². The van der Waals surface area contributed by atoms with Gasteiger partial charge >= 0.3 is 5.97 Å². The Morgan fingerprint density at radius 1 is 1.17 bits per heavy atom. The number of benzene rings is 2. The van der Waals surface area contributed by atoms with Crippen LogP contribution in [0.4, 0.5) is 4.39 Å². The highest BCUT2D eigenvalue weighted by molar-refractivity contribution is 5.97. The molecule has 0 atom stereocenters. The van der Waals surface area contributed by atoms with Gasteiger partial charge in [0, 0.05) is 17.5 Å². The summed E-state index contributed by atoms with van der Waals surface area (Å²) in [6.45, 7) is 3.95. The van der Waals surface area contributed by atoms with Gasteiger partial charge < -0.3 is 19.2 Å². The van der Waals surface area contributed by atoms with E-state index in [1.54, 1.807) is 43.3 Å². The monoisotopic (exact) mass is 399 g/mol. The summed E-state index contributed by atoms with van der Waals surface area (Å²) >= 11 is 0. The van der Waals surface area contributed by atoms with Crippen LogP contribution in [0.2, 0.25) is 0 Å². The second-order valence-electron chi connectivity index (χ2n) is 6.41. The maximum absolute atomic E-state index is 13.5. The van der Waals surface area contributed by atoms with Crippen LogP contribution in [0, 0.1) is 12.7 Å². The van der Waals surface area contributed by atoms with Crippen LogP contribution in [0.3, 0.4) is 0 Å². The second kappa shape index (κ2) is 9.23. The standard InChI is InChI=1S/C22H22FNO5/c1-3-27-16-8-9-19-17(12-16)14(2)21(29-19)22(26)28-13-20(25)24-11-10-15-6-4-5-7-18(15)23/h4-9,12H,3,10-11,13H2,1-2H3,(H,24,25). The van der Waals surface area contributed by atoms with Gasteiger partial charge in [-0.3, -0.25) is 4.79 Å². The molecule has 7 heteroatoms. The number of furan rings is 1. The van der Waals surface area contributed by atoms with Gasteiger partial charge in [-0.2, -0.15) is 0 Å². The molecular weight excluding hydrogens is 377 g/mol. The van der Waals surface area contributed by atoms with E-state index in [0.717, 1.165) is 5.39 Å². The minimum absolute atomic E-state index is 0.0489. The van der Waals surface area contributed by atoms with E-state index in [0.29, 0.717) is 35.5 Å². The number of aryl methyl sites for hydroxylation is 1. The van der Waals surface area contributed by atoms with Crippen molar-refractivity contribution in [3.8, 4) is 5.75 Å². The molecule has 1 aromatic heterocycles. The Balaban J connectivity index is 1.54. The topological polar surface area (TPSA) is 77.8 Å². The van der Waals surface area contributed by atoms with E-state index in [4.69, 9.17) is 13.9 Å². The highest BCUT2D eigenvalue weighted by Gasteiger charge is 2.20. The third-order valence-corrected chi connectivity index (χ3v) is 4.41. The fraction of sp³-hybridized carbons (Fsp3) is 0.273. The molecule has 0 aliphatic heterocycles. The quantitative estimate of drug-likeness (QED) is 0.583. The number of nitrogens with one attached hydrogen (secondary N) is 1. The highest BCUT2D eigenvalue weighted by Crippen LogP contribution is 2.29. The number of esters is 1. The largest absolute Gasteiger partial charge is 0.494 e. The maximum Gasteiger partial charge on any atom is 0.375 e. The third kappa shape index (κ3) is 4.93. The van der Waals surface area contributed by atoms with Gasteiger partial charge in [0.25, 0.3) is 5.91 Å². The lowest BCUT2D eigenvalue weighted by Crippen LogP contribution is -2.30. The van der Waals surface area contributed by atoms with Crippen LogP contribution in [-0.2, 0) is 16.0 Å². The summed E-state index contributed by atoms with van der Waals surface area (Å²) in [7, 11) is 0. The van der Waals surface area contributed by atoms with Crippen molar-refractivity contribution in [1.82, 2.24) is 5.32 Å². The summed E-state index contributed by atoms with van der Waals surface area (Å²) in [5.74, 6) is -0.783. The molecule has 6 nitrogen and oxygen atoms in total. The van der Waals surface area contributed by atoms with Crippen LogP contribution in [0.15, 0.2) is 46.9 Å². The van der Waals surface area contributed by atoms with E-state index in [1.165, 1.54) is 6.07 Å². The first-order valence-corrected chi connectivity index (χ1v) is 9.32. The van der Waals surface area contributed by atoms with Crippen molar-refractivity contribution in [1.29, 1.82) is 0 Å². The molecule has 3 rings (SSSR count). The molecule has 0 aliphatic rings. The molecule has 1 heterocycles. The number of carbonyl (C=O) groups excluding carboxylic acids is 2. The molecule has 29 heavy (non-hydrogen) atoms. The van der Waals surface area contributed by atoms with Crippen molar-refractivity contribution in [2.45, 2.75) is 20.3 Å². The molecule has 1 N–H and O–H groups in total. The summed E-state index contributed by atoms with van der Waals surface area (Å²) in [5, 5.41) is 3.35. The van der Waals surface area contributed by atoms with Crippen molar-refractivity contribution < 1.29 is 27.9 Å². The molecule has 0 unspecified atom stereocenters. The summed E-state index contributed by atoms with van der Waals surface area (Å²) in [6.07, 6.45) is 0.344. The molecule has 0 spiro atoms. The molecule has 0 saturated heterocycles. The van der Waals surface area contributed by atoms with Gasteiger partial charge in [0.05, 0.1) is 6.61 Å². The fourth-order valence-corrected chi connectivity index (χ4v) is 2.94. The Morgan fingerprint density at radius 3 is 2.72 bits per heavy atom. The van der Waals surface area contributed by atoms with E-state index >= 15 is 0 Å². The van der Waals surface area contributed by atoms with Crippen LogP contribution < -0.4 is 10.1 Å². The summed E-state index contributed by atoms with van der Waals surface area (Å²) < 4.78 is 29.6. The molecule has 2 aromatic carbocycles. The number of carbonyl (C=O) groups is 2. The van der Waals surface area contributed by atoms with Gasteiger partial charge in [0.15, 0.2) is 6.61 Å². The zero-order chi connectivity index (χ0) is 20.8. The van der Waals surface area contributed by atoms with Gasteiger partial charge in [-0.25, -0.2) is 9.18 Å². The summed E-state index contributed by atoms with van der Waals surface area (Å²) in [4.78, 5) is 24.2. The first-order valence-electron chi connectivity index (χ1n) is 9.32. The van der Waals surface area contributed by atoms with Crippen molar-refractivity contribution in [2.24, 2.45) is 0 Å². The Kier molecular flexibility index (Phi) is 6.49. The average molecular weight is 399 g/mol. The van der Waals surface area contributed by atoms with E-state index in [9.17, 15) is 14.0 Å². The lowest BCUT2D eigenvalue weighted by Gasteiger charge is -2.07. The number of ether oxygens (including phenoxy) is 2. The van der Waals surface area contributed by atoms with Crippen LogP contribution in [0.25, 0.3) is 11.0 Å². The number of amides is 1. The number of hydrogen-bond acceptors (Lipinski definition) is 5. The first-order chi connectivity index (χ1) is 14.0. The number of rotatable bonds is 8. The summed E-state index contributed by atoms with van der Waals surface area (Å²) in [5.41, 5.74) is 1.66. The molecule has 1 amide bonds. The predicted octanol–water partition coefficient (Wildman–Crippen LogP) is 3.79. The molecule has 152 valence electrons. The van der Waals surface area contributed by atoms with Crippen LogP contribution in [0.5, 0.6) is 5.75 Å². The highest BCUT2D eigenvalue weighted by atomic mass is 19.1. The van der Waals surface area contributed by atoms with Crippen molar-refractivity contribution in [2.75, 3.05) is 19.8 Å². The van der Waals surface area contributed by atoms with Crippen LogP contribution >= 0.6 is 0 Å². The van der Waals surface area contributed by atoms with E-state index in [1.807, 2.05) is 6.92 Å². The normalized spacial score (nSPS) is 10.7. The van der Waals surface area contributed by atoms with Gasteiger partial charge in [0.1, 0.15) is 17.1 Å². The Hall–Kier alpha value is -3.35. The summed E-state index contributed by atoms with van der Waals surface area (Å²) in [6, 6.07) is 11.6. The third-order valence-electron chi connectivity index (χ3n) is 4.41. The maximum atomic E-state index is 13.5. The zero-order valence-corrected chi connectivity index (χ0v) is 16.3. The molecule has 0 aliphatic carbocycles. The van der Waals surface area contributed by atoms with Crippen molar-refractivity contribution in [3.63, 3.8) is 0 Å². The van der Waals surface area contributed by atoms with Crippen molar-refractivity contribution >= 4 is 22.8 Å². The van der Waals surface area contributed by atoms with Gasteiger partial charge in [-0.05, 0) is 50.1 Å². The minimum atomic E-state index is -0.721. The smallest absolute Gasteiger partial charge is 0.375 e. The Labute approximate surface area is 167 Å². The molecule has 0 saturated carbocycles. The lowest BCUT2D eigenvalue weighted by molar-refractivity contribution is -0.124. The van der Waals surface area contributed by atoms with E-state index in [-0.39, 0.29) is 18.1 Å². The molecule has 0 bridgehead atoms. The molecule has 3 aromatic rings. The number of fused-ring (bicyclic) bond motifs is 1. The fourth-order valence-electron chi connectivity index (χ4n) is 2.94. The molecule has 0 radical (unpaired) electrons. The number of halogens is 1. The average Bonchev–Trinajstić information content (AvgIpc) is 3.04. The molecule has 0 fully saturated rings. The number of hydrogen-bond donors (Lipinski definition) is 1. The molecular formula is C22H22FNO5. The Morgan fingerprint density at radius 2 is 1.97 bits per heavy atom. The van der Waals surface area contributed by atoms with Crippen molar-refractivity contribution in [3.05, 3.63) is 65.2 Å². The van der Waals surface area contributed by atoms with E-state index in [2.05, 4.69) is 5.32 Å².